The lowest BCUT2D eigenvalue weighted by molar-refractivity contribution is 0.0116. The molecular formula is C20H29N3O3. The van der Waals surface area contributed by atoms with E-state index in [1.807, 2.05) is 39.0 Å². The summed E-state index contributed by atoms with van der Waals surface area (Å²) in [7, 11) is 0. The number of oxime groups is 1. The van der Waals surface area contributed by atoms with Crippen molar-refractivity contribution in [2.24, 2.45) is 16.3 Å². The van der Waals surface area contributed by atoms with E-state index in [-0.39, 0.29) is 18.0 Å². The molecule has 3 N–H and O–H groups in total. The third kappa shape index (κ3) is 3.79. The van der Waals surface area contributed by atoms with E-state index in [2.05, 4.69) is 17.3 Å². The Hall–Kier alpha value is -2.24. The van der Waals surface area contributed by atoms with Gasteiger partial charge in [0.15, 0.2) is 0 Å². The summed E-state index contributed by atoms with van der Waals surface area (Å²) in [5.74, 6) is 0.530. The van der Waals surface area contributed by atoms with E-state index in [0.29, 0.717) is 12.5 Å². The van der Waals surface area contributed by atoms with Gasteiger partial charge in [-0.3, -0.25) is 0 Å². The molecule has 1 aromatic rings. The van der Waals surface area contributed by atoms with Crippen molar-refractivity contribution >= 4 is 11.9 Å². The van der Waals surface area contributed by atoms with Crippen molar-refractivity contribution < 1.29 is 14.7 Å². The number of amidine groups is 1. The molecule has 0 unspecified atom stereocenters. The molecule has 0 heterocycles. The lowest BCUT2D eigenvalue weighted by Crippen LogP contribution is -2.53. The van der Waals surface area contributed by atoms with Gasteiger partial charge in [-0.2, -0.15) is 0 Å². The van der Waals surface area contributed by atoms with Gasteiger partial charge in [-0.1, -0.05) is 41.9 Å². The van der Waals surface area contributed by atoms with Crippen LogP contribution in [0.1, 0.15) is 57.9 Å². The third-order valence-electron chi connectivity index (χ3n) is 5.45. The summed E-state index contributed by atoms with van der Waals surface area (Å²) in [6, 6.07) is 10.3. The summed E-state index contributed by atoms with van der Waals surface area (Å²) in [5, 5.41) is 12.4. The molecule has 1 amide bonds. The van der Waals surface area contributed by atoms with Crippen LogP contribution in [0.25, 0.3) is 0 Å². The first-order valence-corrected chi connectivity index (χ1v) is 9.28. The largest absolute Gasteiger partial charge is 0.444 e. The molecule has 0 bridgehead atoms. The third-order valence-corrected chi connectivity index (χ3v) is 5.45. The van der Waals surface area contributed by atoms with E-state index in [9.17, 15) is 10.0 Å². The summed E-state index contributed by atoms with van der Waals surface area (Å²) >= 11 is 0. The average molecular weight is 359 g/mol. The topological polar surface area (TPSA) is 88.2 Å². The van der Waals surface area contributed by atoms with Gasteiger partial charge in [-0.15, -0.1) is 0 Å². The monoisotopic (exact) mass is 359 g/mol. The normalized spacial score (nSPS) is 24.5. The van der Waals surface area contributed by atoms with E-state index in [0.717, 1.165) is 25.7 Å². The highest BCUT2D eigenvalue weighted by Crippen LogP contribution is 2.49. The van der Waals surface area contributed by atoms with Gasteiger partial charge >= 0.3 is 6.09 Å². The van der Waals surface area contributed by atoms with Gasteiger partial charge < -0.3 is 20.6 Å². The molecule has 26 heavy (non-hydrogen) atoms. The summed E-state index contributed by atoms with van der Waals surface area (Å²) in [5.41, 5.74) is 6.22. The molecule has 2 aliphatic rings. The molecule has 0 aliphatic heterocycles. The first-order valence-electron chi connectivity index (χ1n) is 9.28. The Morgan fingerprint density at radius 3 is 2.50 bits per heavy atom. The Morgan fingerprint density at radius 2 is 2.00 bits per heavy atom. The Balaban J connectivity index is 1.80. The predicted octanol–water partition coefficient (Wildman–Crippen LogP) is 3.70. The Morgan fingerprint density at radius 1 is 1.35 bits per heavy atom. The first kappa shape index (κ1) is 18.5. The summed E-state index contributed by atoms with van der Waals surface area (Å²) in [6.07, 6.45) is 3.26. The highest BCUT2D eigenvalue weighted by molar-refractivity contribution is 5.87. The zero-order valence-electron chi connectivity index (χ0n) is 15.8. The minimum absolute atomic E-state index is 0.0937. The summed E-state index contributed by atoms with van der Waals surface area (Å²) in [6.45, 7) is 6.04. The molecular weight excluding hydrogens is 330 g/mol. The summed E-state index contributed by atoms with van der Waals surface area (Å²) < 4.78 is 5.66. The highest BCUT2D eigenvalue weighted by Gasteiger charge is 2.51. The molecule has 2 aliphatic carbocycles. The van der Waals surface area contributed by atoms with E-state index >= 15 is 0 Å². The van der Waals surface area contributed by atoms with Crippen molar-refractivity contribution in [3.63, 3.8) is 0 Å². The van der Waals surface area contributed by atoms with Gasteiger partial charge in [-0.25, -0.2) is 4.79 Å². The molecule has 0 aromatic heterocycles. The van der Waals surface area contributed by atoms with Crippen molar-refractivity contribution in [1.29, 1.82) is 0 Å². The molecule has 2 atom stereocenters. The Kier molecular flexibility index (Phi) is 4.86. The second-order valence-electron chi connectivity index (χ2n) is 8.55. The molecule has 2 fully saturated rings. The van der Waals surface area contributed by atoms with Crippen LogP contribution in [0.15, 0.2) is 35.5 Å². The maximum absolute atomic E-state index is 12.9. The van der Waals surface area contributed by atoms with Crippen LogP contribution in [0.3, 0.4) is 0 Å². The molecule has 2 saturated carbocycles. The van der Waals surface area contributed by atoms with Gasteiger partial charge in [0.05, 0.1) is 0 Å². The van der Waals surface area contributed by atoms with Crippen LogP contribution in [0.2, 0.25) is 0 Å². The SMILES string of the molecule is CC(C)(C)OC(=O)N(CC1(/C(N)=N/O)CCC1)[C@@H]1C[C@H]1c1ccccc1. The molecule has 6 heteroatoms. The van der Waals surface area contributed by atoms with Crippen molar-refractivity contribution in [2.45, 2.75) is 64.0 Å². The zero-order chi connectivity index (χ0) is 18.9. The first-order chi connectivity index (χ1) is 12.3. The van der Waals surface area contributed by atoms with Crippen LogP contribution >= 0.6 is 0 Å². The van der Waals surface area contributed by atoms with Crippen LogP contribution in [0.5, 0.6) is 0 Å². The maximum Gasteiger partial charge on any atom is 0.410 e. The quantitative estimate of drug-likeness (QED) is 0.363. The smallest absolute Gasteiger partial charge is 0.410 e. The lowest BCUT2D eigenvalue weighted by atomic mass is 9.67. The molecule has 1 aromatic carbocycles. The molecule has 142 valence electrons. The number of carbonyl (C=O) groups is 1. The van der Waals surface area contributed by atoms with Crippen LogP contribution in [0, 0.1) is 5.41 Å². The predicted molar refractivity (Wildman–Crippen MR) is 100 cm³/mol. The van der Waals surface area contributed by atoms with Crippen molar-refractivity contribution in [3.05, 3.63) is 35.9 Å². The maximum atomic E-state index is 12.9. The fraction of sp³-hybridized carbons (Fsp3) is 0.600. The van der Waals surface area contributed by atoms with Crippen LogP contribution in [0.4, 0.5) is 4.79 Å². The Labute approximate surface area is 155 Å². The number of hydrogen-bond donors (Lipinski definition) is 2. The van der Waals surface area contributed by atoms with Crippen LogP contribution < -0.4 is 5.73 Å². The number of benzene rings is 1. The number of carbonyl (C=O) groups excluding carboxylic acids is 1. The van der Waals surface area contributed by atoms with Crippen LogP contribution in [-0.2, 0) is 4.74 Å². The number of hydrogen-bond acceptors (Lipinski definition) is 4. The number of ether oxygens (including phenoxy) is 1. The second-order valence-corrected chi connectivity index (χ2v) is 8.55. The van der Waals surface area contributed by atoms with Crippen LogP contribution in [-0.4, -0.2) is 40.2 Å². The van der Waals surface area contributed by atoms with Crippen molar-refractivity contribution in [2.75, 3.05) is 6.54 Å². The lowest BCUT2D eigenvalue weighted by Gasteiger charge is -2.44. The summed E-state index contributed by atoms with van der Waals surface area (Å²) in [4.78, 5) is 14.7. The molecule has 6 nitrogen and oxygen atoms in total. The van der Waals surface area contributed by atoms with Gasteiger partial charge in [0.1, 0.15) is 11.4 Å². The fourth-order valence-electron chi connectivity index (χ4n) is 3.75. The minimum atomic E-state index is -0.560. The molecule has 0 spiro atoms. The average Bonchev–Trinajstić information content (AvgIpc) is 3.33. The number of nitrogens with two attached hydrogens (primary N) is 1. The number of amides is 1. The van der Waals surface area contributed by atoms with Crippen molar-refractivity contribution in [3.8, 4) is 0 Å². The van der Waals surface area contributed by atoms with Gasteiger partial charge in [0.2, 0.25) is 0 Å². The fourth-order valence-corrected chi connectivity index (χ4v) is 3.75. The van der Waals surface area contributed by atoms with E-state index < -0.39 is 11.0 Å². The van der Waals surface area contributed by atoms with E-state index in [1.54, 1.807) is 4.90 Å². The van der Waals surface area contributed by atoms with Crippen molar-refractivity contribution in [1.82, 2.24) is 4.90 Å². The Bertz CT molecular complexity index is 677. The van der Waals surface area contributed by atoms with E-state index in [4.69, 9.17) is 10.5 Å². The van der Waals surface area contributed by atoms with Gasteiger partial charge in [0, 0.05) is 23.9 Å². The molecule has 0 radical (unpaired) electrons. The number of nitrogens with zero attached hydrogens (tertiary/aromatic N) is 2. The van der Waals surface area contributed by atoms with Gasteiger partial charge in [0.25, 0.3) is 0 Å². The second kappa shape index (κ2) is 6.82. The standard InChI is InChI=1S/C20H29N3O3/c1-19(2,3)26-18(24)23(13-20(10-7-11-20)17(21)22-25)16-12-15(16)14-8-5-4-6-9-14/h4-6,8-9,15-16,25H,7,10-13H2,1-3H3,(H2,21,22)/t15-,16+/m0/s1. The number of rotatable bonds is 5. The molecule has 0 saturated heterocycles. The minimum Gasteiger partial charge on any atom is -0.444 e. The van der Waals surface area contributed by atoms with E-state index in [1.165, 1.54) is 5.56 Å². The van der Waals surface area contributed by atoms with Gasteiger partial charge in [-0.05, 0) is 45.6 Å². The molecule has 3 rings (SSSR count). The highest BCUT2D eigenvalue weighted by atomic mass is 16.6. The zero-order valence-corrected chi connectivity index (χ0v) is 15.8.